The van der Waals surface area contributed by atoms with Crippen LogP contribution in [-0.2, 0) is 12.8 Å². The van der Waals surface area contributed by atoms with E-state index in [1.807, 2.05) is 30.3 Å². The normalized spacial score (nSPS) is 12.6. The van der Waals surface area contributed by atoms with Gasteiger partial charge in [0.05, 0.1) is 5.69 Å². The van der Waals surface area contributed by atoms with E-state index < -0.39 is 0 Å². The predicted molar refractivity (Wildman–Crippen MR) is 104 cm³/mol. The second-order valence-corrected chi connectivity index (χ2v) is 7.12. The van der Waals surface area contributed by atoms with Crippen molar-refractivity contribution < 1.29 is 0 Å². The second-order valence-electron chi connectivity index (χ2n) is 6.20. The highest BCUT2D eigenvalue weighted by atomic mass is 79.9. The Hall–Kier alpha value is -2.64. The first-order chi connectivity index (χ1) is 12.2. The summed E-state index contributed by atoms with van der Waals surface area (Å²) in [5, 5.41) is 9.70. The number of benzene rings is 2. The third kappa shape index (κ3) is 2.71. The van der Waals surface area contributed by atoms with Crippen LogP contribution in [-0.4, -0.2) is 4.98 Å². The van der Waals surface area contributed by atoms with Crippen molar-refractivity contribution in [1.29, 1.82) is 5.26 Å². The number of nitrogens with two attached hydrogens (primary N) is 1. The molecule has 4 rings (SSSR count). The van der Waals surface area contributed by atoms with Crippen LogP contribution in [0, 0.1) is 11.3 Å². The number of nitrogen functional groups attached to an aromatic ring is 1. The first-order valence-corrected chi connectivity index (χ1v) is 9.05. The number of aryl methyl sites for hydroxylation is 1. The lowest BCUT2D eigenvalue weighted by Gasteiger charge is -2.17. The SMILES string of the molecule is N#Cc1c(N)nc2c(c1-c1ccc(Br)cc1)CCCc1ccccc1-2. The van der Waals surface area contributed by atoms with Crippen molar-refractivity contribution in [2.45, 2.75) is 19.3 Å². The summed E-state index contributed by atoms with van der Waals surface area (Å²) in [6.07, 6.45) is 2.93. The van der Waals surface area contributed by atoms with Gasteiger partial charge in [-0.1, -0.05) is 52.3 Å². The fourth-order valence-corrected chi connectivity index (χ4v) is 3.84. The van der Waals surface area contributed by atoms with Gasteiger partial charge in [-0.15, -0.1) is 0 Å². The number of hydrogen-bond acceptors (Lipinski definition) is 3. The molecule has 1 aliphatic rings. The highest BCUT2D eigenvalue weighted by Crippen LogP contribution is 2.40. The lowest BCUT2D eigenvalue weighted by atomic mass is 9.90. The molecule has 4 heteroatoms. The lowest BCUT2D eigenvalue weighted by molar-refractivity contribution is 0.834. The standard InChI is InChI=1S/C21H16BrN3/c22-15-10-8-14(9-11-15)19-17-7-3-5-13-4-1-2-6-16(13)20(17)25-21(24)18(19)12-23/h1-2,4,6,8-11H,3,5,7H2,(H2,24,25). The van der Waals surface area contributed by atoms with Crippen LogP contribution in [0.4, 0.5) is 5.82 Å². The number of fused-ring (bicyclic) bond motifs is 3. The van der Waals surface area contributed by atoms with Gasteiger partial charge < -0.3 is 5.73 Å². The molecule has 2 aromatic carbocycles. The Morgan fingerprint density at radius 2 is 1.80 bits per heavy atom. The molecule has 0 bridgehead atoms. The summed E-state index contributed by atoms with van der Waals surface area (Å²) in [5.74, 6) is 0.302. The molecule has 0 fully saturated rings. The van der Waals surface area contributed by atoms with Gasteiger partial charge in [0.25, 0.3) is 0 Å². The summed E-state index contributed by atoms with van der Waals surface area (Å²) >= 11 is 3.47. The fourth-order valence-electron chi connectivity index (χ4n) is 3.58. The number of rotatable bonds is 1. The van der Waals surface area contributed by atoms with Gasteiger partial charge in [0.1, 0.15) is 17.5 Å². The van der Waals surface area contributed by atoms with Gasteiger partial charge in [-0.3, -0.25) is 0 Å². The van der Waals surface area contributed by atoms with Crippen LogP contribution < -0.4 is 5.73 Å². The highest BCUT2D eigenvalue weighted by Gasteiger charge is 2.23. The second kappa shape index (κ2) is 6.34. The first kappa shape index (κ1) is 15.9. The van der Waals surface area contributed by atoms with E-state index in [0.717, 1.165) is 51.7 Å². The van der Waals surface area contributed by atoms with E-state index >= 15 is 0 Å². The molecule has 0 radical (unpaired) electrons. The summed E-state index contributed by atoms with van der Waals surface area (Å²) in [7, 11) is 0. The van der Waals surface area contributed by atoms with E-state index in [-0.39, 0.29) is 0 Å². The number of pyridine rings is 1. The summed E-state index contributed by atoms with van der Waals surface area (Å²) in [6.45, 7) is 0. The van der Waals surface area contributed by atoms with Crippen molar-refractivity contribution in [3.05, 3.63) is 69.7 Å². The minimum absolute atomic E-state index is 0.302. The van der Waals surface area contributed by atoms with E-state index in [4.69, 9.17) is 5.73 Å². The molecule has 0 aliphatic heterocycles. The Morgan fingerprint density at radius 1 is 1.04 bits per heavy atom. The smallest absolute Gasteiger partial charge is 0.142 e. The zero-order valence-electron chi connectivity index (χ0n) is 13.6. The van der Waals surface area contributed by atoms with Crippen LogP contribution in [0.3, 0.4) is 0 Å². The van der Waals surface area contributed by atoms with E-state index in [1.165, 1.54) is 5.56 Å². The summed E-state index contributed by atoms with van der Waals surface area (Å²) in [5.41, 5.74) is 13.1. The van der Waals surface area contributed by atoms with Crippen LogP contribution in [0.2, 0.25) is 0 Å². The number of nitrogens with zero attached hydrogens (tertiary/aromatic N) is 2. The van der Waals surface area contributed by atoms with Crippen molar-refractivity contribution in [2.24, 2.45) is 0 Å². The zero-order valence-corrected chi connectivity index (χ0v) is 15.2. The van der Waals surface area contributed by atoms with Crippen molar-refractivity contribution in [3.63, 3.8) is 0 Å². The van der Waals surface area contributed by atoms with Crippen LogP contribution >= 0.6 is 15.9 Å². The van der Waals surface area contributed by atoms with Gasteiger partial charge in [0.2, 0.25) is 0 Å². The van der Waals surface area contributed by atoms with Crippen LogP contribution in [0.1, 0.15) is 23.1 Å². The molecule has 0 saturated carbocycles. The Balaban J connectivity index is 2.07. The molecule has 25 heavy (non-hydrogen) atoms. The van der Waals surface area contributed by atoms with E-state index in [1.54, 1.807) is 0 Å². The Bertz CT molecular complexity index is 1000. The molecule has 122 valence electrons. The molecule has 0 unspecified atom stereocenters. The largest absolute Gasteiger partial charge is 0.383 e. The number of aromatic nitrogens is 1. The molecule has 2 N–H and O–H groups in total. The lowest BCUT2D eigenvalue weighted by Crippen LogP contribution is -2.05. The third-order valence-corrected chi connectivity index (χ3v) is 5.24. The molecule has 3 nitrogen and oxygen atoms in total. The van der Waals surface area contributed by atoms with Crippen molar-refractivity contribution in [1.82, 2.24) is 4.98 Å². The monoisotopic (exact) mass is 389 g/mol. The van der Waals surface area contributed by atoms with Crippen molar-refractivity contribution in [3.8, 4) is 28.5 Å². The number of nitriles is 1. The number of hydrogen-bond donors (Lipinski definition) is 1. The average molecular weight is 390 g/mol. The molecule has 1 aliphatic carbocycles. The van der Waals surface area contributed by atoms with E-state index in [2.05, 4.69) is 45.2 Å². The van der Waals surface area contributed by atoms with Gasteiger partial charge in [0.15, 0.2) is 0 Å². The minimum Gasteiger partial charge on any atom is -0.383 e. The van der Waals surface area contributed by atoms with Crippen LogP contribution in [0.25, 0.3) is 22.4 Å². The third-order valence-electron chi connectivity index (χ3n) is 4.72. The molecule has 1 heterocycles. The van der Waals surface area contributed by atoms with Crippen LogP contribution in [0.5, 0.6) is 0 Å². The summed E-state index contributed by atoms with van der Waals surface area (Å²) in [6, 6.07) is 18.6. The minimum atomic E-state index is 0.302. The Labute approximate surface area is 155 Å². The topological polar surface area (TPSA) is 62.7 Å². The Morgan fingerprint density at radius 3 is 2.56 bits per heavy atom. The van der Waals surface area contributed by atoms with Gasteiger partial charge in [0, 0.05) is 15.6 Å². The first-order valence-electron chi connectivity index (χ1n) is 8.25. The number of anilines is 1. The average Bonchev–Trinajstić information content (AvgIpc) is 2.81. The maximum Gasteiger partial charge on any atom is 0.142 e. The van der Waals surface area contributed by atoms with Gasteiger partial charge >= 0.3 is 0 Å². The maximum atomic E-state index is 9.70. The van der Waals surface area contributed by atoms with Gasteiger partial charge in [-0.2, -0.15) is 5.26 Å². The predicted octanol–water partition coefficient (Wildman–Crippen LogP) is 5.12. The van der Waals surface area contributed by atoms with E-state index in [0.29, 0.717) is 11.4 Å². The molecule has 3 aromatic rings. The molecule has 0 saturated heterocycles. The van der Waals surface area contributed by atoms with Crippen LogP contribution in [0.15, 0.2) is 53.0 Å². The molecular formula is C21H16BrN3. The fraction of sp³-hybridized carbons (Fsp3) is 0.143. The molecule has 0 spiro atoms. The Kier molecular flexibility index (Phi) is 4.03. The van der Waals surface area contributed by atoms with Gasteiger partial charge in [-0.05, 0) is 48.1 Å². The molecule has 0 amide bonds. The quantitative estimate of drug-likeness (QED) is 0.627. The molecule has 1 aromatic heterocycles. The maximum absolute atomic E-state index is 9.70. The zero-order chi connectivity index (χ0) is 17.4. The van der Waals surface area contributed by atoms with Gasteiger partial charge in [-0.25, -0.2) is 4.98 Å². The number of halogens is 1. The molecule has 0 atom stereocenters. The van der Waals surface area contributed by atoms with Crippen molar-refractivity contribution in [2.75, 3.05) is 5.73 Å². The highest BCUT2D eigenvalue weighted by molar-refractivity contribution is 9.10. The molecular weight excluding hydrogens is 374 g/mol. The summed E-state index contributed by atoms with van der Waals surface area (Å²) < 4.78 is 1.01. The summed E-state index contributed by atoms with van der Waals surface area (Å²) in [4.78, 5) is 4.64. The van der Waals surface area contributed by atoms with Crippen molar-refractivity contribution >= 4 is 21.7 Å². The van der Waals surface area contributed by atoms with E-state index in [9.17, 15) is 5.26 Å².